The molecule has 1 amide bonds. The summed E-state index contributed by atoms with van der Waals surface area (Å²) in [6.45, 7) is 7.56. The predicted molar refractivity (Wildman–Crippen MR) is 177 cm³/mol. The van der Waals surface area contributed by atoms with Crippen LogP contribution in [0.15, 0.2) is 85.2 Å². The summed E-state index contributed by atoms with van der Waals surface area (Å²) in [5, 5.41) is 21.1. The fourth-order valence-electron chi connectivity index (χ4n) is 5.49. The molecule has 1 aliphatic heterocycles. The normalized spacial score (nSPS) is 14.8. The molecule has 9 nitrogen and oxygen atoms in total. The zero-order chi connectivity index (χ0) is 31.4. The second-order valence-electron chi connectivity index (χ2n) is 11.8. The maximum Gasteiger partial charge on any atom is 0.255 e. The number of amides is 1. The van der Waals surface area contributed by atoms with Crippen molar-refractivity contribution in [2.24, 2.45) is 0 Å². The van der Waals surface area contributed by atoms with E-state index >= 15 is 0 Å². The molecule has 0 aliphatic carbocycles. The van der Waals surface area contributed by atoms with E-state index < -0.39 is 5.41 Å². The third kappa shape index (κ3) is 6.47. The molecule has 2 aromatic heterocycles. The Balaban J connectivity index is 1.30. The van der Waals surface area contributed by atoms with E-state index in [1.54, 1.807) is 30.6 Å². The summed E-state index contributed by atoms with van der Waals surface area (Å²) >= 11 is 0. The van der Waals surface area contributed by atoms with E-state index in [9.17, 15) is 10.1 Å². The molecule has 226 valence electrons. The predicted octanol–water partition coefficient (Wildman–Crippen LogP) is 7.01. The summed E-state index contributed by atoms with van der Waals surface area (Å²) in [7, 11) is 0. The highest BCUT2D eigenvalue weighted by atomic mass is 16.5. The first-order chi connectivity index (χ1) is 21.8. The van der Waals surface area contributed by atoms with Gasteiger partial charge in [-0.15, -0.1) is 0 Å². The lowest BCUT2D eigenvalue weighted by Gasteiger charge is -2.23. The molecule has 1 aliphatic rings. The van der Waals surface area contributed by atoms with Crippen LogP contribution in [0.4, 0.5) is 11.6 Å². The Morgan fingerprint density at radius 2 is 1.89 bits per heavy atom. The van der Waals surface area contributed by atoms with Gasteiger partial charge in [0.25, 0.3) is 5.91 Å². The van der Waals surface area contributed by atoms with Gasteiger partial charge in [-0.3, -0.25) is 4.79 Å². The number of piperidine rings is 1. The van der Waals surface area contributed by atoms with Gasteiger partial charge in [-0.25, -0.2) is 15.0 Å². The monoisotopic (exact) mass is 597 g/mol. The van der Waals surface area contributed by atoms with Crippen molar-refractivity contribution in [1.29, 1.82) is 5.26 Å². The third-order valence-corrected chi connectivity index (χ3v) is 8.11. The van der Waals surface area contributed by atoms with Crippen molar-refractivity contribution in [3.63, 3.8) is 0 Å². The summed E-state index contributed by atoms with van der Waals surface area (Å²) < 4.78 is 6.56. The Labute approximate surface area is 262 Å². The Hall–Kier alpha value is -5.33. The molecular formula is C36H35N7O2. The van der Waals surface area contributed by atoms with Gasteiger partial charge in [-0.05, 0) is 87.7 Å². The molecule has 45 heavy (non-hydrogen) atoms. The zero-order valence-corrected chi connectivity index (χ0v) is 25.6. The van der Waals surface area contributed by atoms with Crippen LogP contribution in [0.2, 0.25) is 0 Å². The molecule has 3 N–H and O–H groups in total. The largest absolute Gasteiger partial charge is 0.437 e. The highest BCUT2D eigenvalue weighted by Gasteiger charge is 2.22. The van der Waals surface area contributed by atoms with Gasteiger partial charge >= 0.3 is 0 Å². The number of aromatic nitrogens is 3. The third-order valence-electron chi connectivity index (χ3n) is 8.11. The Bertz CT molecular complexity index is 1910. The second kappa shape index (κ2) is 12.7. The van der Waals surface area contributed by atoms with Crippen LogP contribution in [-0.4, -0.2) is 40.0 Å². The molecule has 1 unspecified atom stereocenters. The number of nitrogens with zero attached hydrogens (tertiary/aromatic N) is 4. The quantitative estimate of drug-likeness (QED) is 0.174. The zero-order valence-electron chi connectivity index (χ0n) is 25.6. The van der Waals surface area contributed by atoms with Crippen LogP contribution < -0.4 is 20.7 Å². The first kappa shape index (κ1) is 29.7. The van der Waals surface area contributed by atoms with Gasteiger partial charge in [0.15, 0.2) is 0 Å². The van der Waals surface area contributed by atoms with E-state index in [2.05, 4.69) is 32.0 Å². The van der Waals surface area contributed by atoms with Crippen molar-refractivity contribution in [3.05, 3.63) is 102 Å². The molecule has 0 saturated carbocycles. The van der Waals surface area contributed by atoms with Crippen LogP contribution >= 0.6 is 0 Å². The van der Waals surface area contributed by atoms with E-state index in [4.69, 9.17) is 9.72 Å². The minimum Gasteiger partial charge on any atom is -0.437 e. The highest BCUT2D eigenvalue weighted by molar-refractivity contribution is 6.10. The van der Waals surface area contributed by atoms with Gasteiger partial charge in [0.05, 0.1) is 22.7 Å². The summed E-state index contributed by atoms with van der Waals surface area (Å²) in [4.78, 5) is 27.2. The molecule has 1 atom stereocenters. The number of fused-ring (bicyclic) bond motifs is 1. The van der Waals surface area contributed by atoms with Crippen LogP contribution in [0.3, 0.4) is 0 Å². The standard InChI is InChI=1S/C36H35N7O2/c1-23-14-15-27-28(11-5-13-30(27)42-33(44)24-8-4-9-25(20-24)36(2,3)22-37)32(23)45-34-29(12-7-18-39-34)31-16-19-40-35(43-31)41-26-10-6-17-38-21-26/h4-5,7-9,11-16,18-20,26,38H,6,10,17,21H2,1-3H3,(H,42,44)(H,40,41,43). The minimum absolute atomic E-state index is 0.259. The molecule has 1 saturated heterocycles. The number of rotatable bonds is 8. The Morgan fingerprint density at radius 1 is 1.02 bits per heavy atom. The highest BCUT2D eigenvalue weighted by Crippen LogP contribution is 2.39. The lowest BCUT2D eigenvalue weighted by Crippen LogP contribution is -2.38. The molecule has 5 aromatic rings. The van der Waals surface area contributed by atoms with Crippen LogP contribution in [0.5, 0.6) is 11.6 Å². The fourth-order valence-corrected chi connectivity index (χ4v) is 5.49. The van der Waals surface area contributed by atoms with Crippen molar-refractivity contribution in [2.75, 3.05) is 23.7 Å². The van der Waals surface area contributed by atoms with Crippen molar-refractivity contribution < 1.29 is 9.53 Å². The van der Waals surface area contributed by atoms with Gasteiger partial charge in [0.2, 0.25) is 11.8 Å². The number of nitriles is 1. The average Bonchev–Trinajstić information content (AvgIpc) is 3.07. The van der Waals surface area contributed by atoms with Gasteiger partial charge in [0.1, 0.15) is 5.75 Å². The first-order valence-electron chi connectivity index (χ1n) is 15.1. The van der Waals surface area contributed by atoms with Gasteiger partial charge in [0, 0.05) is 47.0 Å². The van der Waals surface area contributed by atoms with E-state index in [1.807, 2.05) is 75.4 Å². The Kier molecular flexibility index (Phi) is 8.41. The van der Waals surface area contributed by atoms with E-state index in [1.165, 1.54) is 0 Å². The number of benzene rings is 3. The van der Waals surface area contributed by atoms with Crippen LogP contribution in [0.1, 0.15) is 48.2 Å². The molecule has 9 heteroatoms. The summed E-state index contributed by atoms with van der Waals surface area (Å²) in [5.74, 6) is 1.37. The molecule has 1 fully saturated rings. The lowest BCUT2D eigenvalue weighted by atomic mass is 9.85. The van der Waals surface area contributed by atoms with Gasteiger partial charge < -0.3 is 20.7 Å². The van der Waals surface area contributed by atoms with Gasteiger partial charge in [-0.2, -0.15) is 5.26 Å². The van der Waals surface area contributed by atoms with Crippen molar-refractivity contribution >= 4 is 28.3 Å². The average molecular weight is 598 g/mol. The number of carbonyl (C=O) groups excluding carboxylic acids is 1. The van der Waals surface area contributed by atoms with Gasteiger partial charge in [-0.1, -0.05) is 36.4 Å². The Morgan fingerprint density at radius 3 is 2.71 bits per heavy atom. The van der Waals surface area contributed by atoms with Crippen molar-refractivity contribution in [2.45, 2.75) is 45.1 Å². The number of pyridine rings is 1. The number of hydrogen-bond donors (Lipinski definition) is 3. The number of anilines is 2. The number of hydrogen-bond acceptors (Lipinski definition) is 8. The fraction of sp³-hybridized carbons (Fsp3) is 0.250. The molecule has 0 radical (unpaired) electrons. The molecule has 3 aromatic carbocycles. The number of ether oxygens (including phenoxy) is 1. The van der Waals surface area contributed by atoms with Crippen LogP contribution in [0.25, 0.3) is 22.0 Å². The van der Waals surface area contributed by atoms with E-state index in [0.29, 0.717) is 34.5 Å². The number of nitrogens with one attached hydrogen (secondary N) is 3. The molecular weight excluding hydrogens is 562 g/mol. The molecule has 6 rings (SSSR count). The SMILES string of the molecule is Cc1ccc2c(NC(=O)c3cccc(C(C)(C)C#N)c3)cccc2c1Oc1ncccc1-c1ccnc(NC2CCCNC2)n1. The maximum absolute atomic E-state index is 13.4. The molecule has 0 spiro atoms. The van der Waals surface area contributed by atoms with Crippen LogP contribution in [-0.2, 0) is 5.41 Å². The smallest absolute Gasteiger partial charge is 0.255 e. The van der Waals surface area contributed by atoms with Crippen molar-refractivity contribution in [3.8, 4) is 29.0 Å². The summed E-state index contributed by atoms with van der Waals surface area (Å²) in [6.07, 6.45) is 5.62. The van der Waals surface area contributed by atoms with Crippen molar-refractivity contribution in [1.82, 2.24) is 20.3 Å². The first-order valence-corrected chi connectivity index (χ1v) is 15.1. The second-order valence-corrected chi connectivity index (χ2v) is 11.8. The van der Waals surface area contributed by atoms with E-state index in [0.717, 1.165) is 53.4 Å². The topological polar surface area (TPSA) is 125 Å². The summed E-state index contributed by atoms with van der Waals surface area (Å²) in [6, 6.07) is 25.1. The maximum atomic E-state index is 13.4. The summed E-state index contributed by atoms with van der Waals surface area (Å²) in [5.41, 5.74) is 3.57. The molecule has 0 bridgehead atoms. The number of carbonyl (C=O) groups is 1. The number of aryl methyl sites for hydroxylation is 1. The van der Waals surface area contributed by atoms with Crippen LogP contribution in [0, 0.1) is 18.3 Å². The molecule has 3 heterocycles. The minimum atomic E-state index is -0.708. The lowest BCUT2D eigenvalue weighted by molar-refractivity contribution is 0.102. The van der Waals surface area contributed by atoms with E-state index in [-0.39, 0.29) is 11.9 Å².